The second kappa shape index (κ2) is 4.30. The number of nitrogens with zero attached hydrogens (tertiary/aromatic N) is 1. The van der Waals surface area contributed by atoms with Crippen LogP contribution in [0.3, 0.4) is 0 Å². The lowest BCUT2D eigenvalue weighted by Crippen LogP contribution is -2.13. The Morgan fingerprint density at radius 3 is 2.86 bits per heavy atom. The van der Waals surface area contributed by atoms with Gasteiger partial charge in [-0.25, -0.2) is 4.98 Å². The molecule has 2 rings (SSSR count). The van der Waals surface area contributed by atoms with Crippen LogP contribution >= 0.6 is 11.3 Å². The summed E-state index contributed by atoms with van der Waals surface area (Å²) < 4.78 is 0. The maximum absolute atomic E-state index is 4.35. The Morgan fingerprint density at radius 2 is 2.21 bits per heavy atom. The standard InChI is InChI=1S/C11H18N2S/c1-8-5-3-4-6-9(8)10-7-13-11(12-2)14-10/h7-9H,3-6H2,1-2H3,(H,12,13). The molecule has 1 aromatic heterocycles. The molecular weight excluding hydrogens is 192 g/mol. The van der Waals surface area contributed by atoms with Crippen molar-refractivity contribution in [3.8, 4) is 0 Å². The van der Waals surface area contributed by atoms with Crippen LogP contribution in [0.4, 0.5) is 5.13 Å². The van der Waals surface area contributed by atoms with Gasteiger partial charge in [-0.15, -0.1) is 11.3 Å². The van der Waals surface area contributed by atoms with E-state index in [2.05, 4.69) is 23.4 Å². The molecule has 1 N–H and O–H groups in total. The lowest BCUT2D eigenvalue weighted by atomic mass is 9.80. The van der Waals surface area contributed by atoms with Crippen molar-refractivity contribution in [1.82, 2.24) is 4.98 Å². The molecule has 2 unspecified atom stereocenters. The summed E-state index contributed by atoms with van der Waals surface area (Å²) >= 11 is 1.82. The quantitative estimate of drug-likeness (QED) is 0.808. The summed E-state index contributed by atoms with van der Waals surface area (Å²) in [5.41, 5.74) is 0. The minimum Gasteiger partial charge on any atom is -0.365 e. The van der Waals surface area contributed by atoms with Gasteiger partial charge in [0.25, 0.3) is 0 Å². The number of anilines is 1. The monoisotopic (exact) mass is 210 g/mol. The van der Waals surface area contributed by atoms with E-state index in [0.29, 0.717) is 0 Å². The van der Waals surface area contributed by atoms with Gasteiger partial charge in [0, 0.05) is 18.1 Å². The van der Waals surface area contributed by atoms with Crippen molar-refractivity contribution in [3.05, 3.63) is 11.1 Å². The second-order valence-corrected chi connectivity index (χ2v) is 5.25. The Bertz CT molecular complexity index is 295. The second-order valence-electron chi connectivity index (χ2n) is 4.19. The van der Waals surface area contributed by atoms with Gasteiger partial charge in [-0.2, -0.15) is 0 Å². The first kappa shape index (κ1) is 9.97. The number of hydrogen-bond donors (Lipinski definition) is 1. The summed E-state index contributed by atoms with van der Waals surface area (Å²) in [5, 5.41) is 4.16. The molecule has 1 fully saturated rings. The molecule has 1 aromatic rings. The fraction of sp³-hybridized carbons (Fsp3) is 0.727. The molecule has 2 atom stereocenters. The minimum atomic E-state index is 0.767. The topological polar surface area (TPSA) is 24.9 Å². The van der Waals surface area contributed by atoms with Gasteiger partial charge >= 0.3 is 0 Å². The van der Waals surface area contributed by atoms with Crippen molar-refractivity contribution < 1.29 is 0 Å². The summed E-state index contributed by atoms with van der Waals surface area (Å²) in [5.74, 6) is 1.61. The highest BCUT2D eigenvalue weighted by Crippen LogP contribution is 2.40. The van der Waals surface area contributed by atoms with Gasteiger partial charge < -0.3 is 5.32 Å². The lowest BCUT2D eigenvalue weighted by Gasteiger charge is -2.27. The van der Waals surface area contributed by atoms with Crippen molar-refractivity contribution in [3.63, 3.8) is 0 Å². The van der Waals surface area contributed by atoms with Crippen LogP contribution in [0.15, 0.2) is 6.20 Å². The van der Waals surface area contributed by atoms with E-state index in [4.69, 9.17) is 0 Å². The van der Waals surface area contributed by atoms with Gasteiger partial charge in [-0.05, 0) is 18.3 Å². The number of hydrogen-bond acceptors (Lipinski definition) is 3. The molecule has 2 nitrogen and oxygen atoms in total. The van der Waals surface area contributed by atoms with Crippen LogP contribution in [0.5, 0.6) is 0 Å². The van der Waals surface area contributed by atoms with E-state index in [-0.39, 0.29) is 0 Å². The third-order valence-corrected chi connectivity index (χ3v) is 4.36. The van der Waals surface area contributed by atoms with Crippen LogP contribution in [-0.2, 0) is 0 Å². The Kier molecular flexibility index (Phi) is 3.06. The van der Waals surface area contributed by atoms with Gasteiger partial charge in [0.1, 0.15) is 0 Å². The molecule has 0 saturated heterocycles. The average molecular weight is 210 g/mol. The molecule has 1 saturated carbocycles. The molecule has 0 amide bonds. The Hall–Kier alpha value is -0.570. The molecule has 3 heteroatoms. The van der Waals surface area contributed by atoms with Crippen molar-refractivity contribution >= 4 is 16.5 Å². The molecule has 1 heterocycles. The van der Waals surface area contributed by atoms with Crippen molar-refractivity contribution in [2.75, 3.05) is 12.4 Å². The molecule has 0 radical (unpaired) electrons. The molecule has 0 bridgehead atoms. The average Bonchev–Trinajstić information content (AvgIpc) is 2.67. The predicted octanol–water partition coefficient (Wildman–Crippen LogP) is 3.48. The first-order valence-electron chi connectivity index (χ1n) is 5.44. The van der Waals surface area contributed by atoms with Gasteiger partial charge in [0.15, 0.2) is 5.13 Å². The number of aromatic nitrogens is 1. The van der Waals surface area contributed by atoms with Crippen molar-refractivity contribution in [2.24, 2.45) is 5.92 Å². The molecule has 1 aliphatic rings. The third kappa shape index (κ3) is 1.92. The summed E-state index contributed by atoms with van der Waals surface area (Å²) in [4.78, 5) is 5.83. The van der Waals surface area contributed by atoms with Gasteiger partial charge in [0.05, 0.1) is 0 Å². The molecule has 14 heavy (non-hydrogen) atoms. The predicted molar refractivity (Wildman–Crippen MR) is 62.0 cm³/mol. The highest BCUT2D eigenvalue weighted by Gasteiger charge is 2.24. The Morgan fingerprint density at radius 1 is 1.43 bits per heavy atom. The zero-order chi connectivity index (χ0) is 9.97. The van der Waals surface area contributed by atoms with Gasteiger partial charge in [0.2, 0.25) is 0 Å². The van der Waals surface area contributed by atoms with Crippen LogP contribution in [0, 0.1) is 5.92 Å². The van der Waals surface area contributed by atoms with Crippen molar-refractivity contribution in [2.45, 2.75) is 38.5 Å². The van der Waals surface area contributed by atoms with E-state index in [0.717, 1.165) is 17.0 Å². The first-order chi connectivity index (χ1) is 6.81. The van der Waals surface area contributed by atoms with E-state index in [9.17, 15) is 0 Å². The van der Waals surface area contributed by atoms with Crippen molar-refractivity contribution in [1.29, 1.82) is 0 Å². The molecule has 78 valence electrons. The smallest absolute Gasteiger partial charge is 0.182 e. The maximum Gasteiger partial charge on any atom is 0.182 e. The first-order valence-corrected chi connectivity index (χ1v) is 6.26. The van der Waals surface area contributed by atoms with E-state index in [1.54, 1.807) is 0 Å². The molecular formula is C11H18N2S. The molecule has 0 aromatic carbocycles. The van der Waals surface area contributed by atoms with Crippen LogP contribution in [0.25, 0.3) is 0 Å². The SMILES string of the molecule is CNc1ncc(C2CCCCC2C)s1. The van der Waals surface area contributed by atoms with E-state index in [1.807, 2.05) is 18.4 Å². The normalized spacial score (nSPS) is 27.6. The maximum atomic E-state index is 4.35. The Balaban J connectivity index is 2.12. The molecule has 0 aliphatic heterocycles. The highest BCUT2D eigenvalue weighted by molar-refractivity contribution is 7.15. The lowest BCUT2D eigenvalue weighted by molar-refractivity contribution is 0.334. The molecule has 1 aliphatic carbocycles. The third-order valence-electron chi connectivity index (χ3n) is 3.21. The fourth-order valence-corrected chi connectivity index (χ4v) is 3.35. The van der Waals surface area contributed by atoms with E-state index >= 15 is 0 Å². The summed E-state index contributed by atoms with van der Waals surface area (Å²) in [6.45, 7) is 2.38. The fourth-order valence-electron chi connectivity index (χ4n) is 2.31. The summed E-state index contributed by atoms with van der Waals surface area (Å²) in [6, 6.07) is 0. The van der Waals surface area contributed by atoms with Crippen LogP contribution in [0.1, 0.15) is 43.4 Å². The summed E-state index contributed by atoms with van der Waals surface area (Å²) in [6.07, 6.45) is 7.60. The van der Waals surface area contributed by atoms with Gasteiger partial charge in [-0.3, -0.25) is 0 Å². The number of rotatable bonds is 2. The van der Waals surface area contributed by atoms with Gasteiger partial charge in [-0.1, -0.05) is 26.2 Å². The van der Waals surface area contributed by atoms with Crippen LogP contribution in [-0.4, -0.2) is 12.0 Å². The minimum absolute atomic E-state index is 0.767. The summed E-state index contributed by atoms with van der Waals surface area (Å²) in [7, 11) is 1.94. The van der Waals surface area contributed by atoms with Crippen LogP contribution < -0.4 is 5.32 Å². The number of thiazole rings is 1. The molecule has 0 spiro atoms. The largest absolute Gasteiger partial charge is 0.365 e. The van der Waals surface area contributed by atoms with Crippen LogP contribution in [0.2, 0.25) is 0 Å². The van der Waals surface area contributed by atoms with E-state index < -0.39 is 0 Å². The number of nitrogens with one attached hydrogen (secondary N) is 1. The zero-order valence-corrected chi connectivity index (χ0v) is 9.73. The van der Waals surface area contributed by atoms with E-state index in [1.165, 1.54) is 30.6 Å². The Labute approximate surface area is 89.8 Å². The highest BCUT2D eigenvalue weighted by atomic mass is 32.1. The zero-order valence-electron chi connectivity index (χ0n) is 8.92.